The molecule has 0 rings (SSSR count). The Morgan fingerprint density at radius 1 is 0.233 bits per heavy atom. The van der Waals surface area contributed by atoms with Crippen molar-refractivity contribution in [1.29, 1.82) is 0 Å². The third-order valence-electron chi connectivity index (χ3n) is 4.23. The third kappa shape index (κ3) is 6.94. The molecule has 0 saturated heterocycles. The van der Waals surface area contributed by atoms with E-state index in [4.69, 9.17) is 0 Å². The highest BCUT2D eigenvalue weighted by atomic mass is 31.2. The molecule has 0 aliphatic heterocycles. The maximum Gasteiger partial charge on any atom is 0.554 e. The van der Waals surface area contributed by atoms with Crippen LogP contribution in [-0.2, 0) is 12.6 Å². The second-order valence-electron chi connectivity index (χ2n) is 7.02. The molecule has 34 heteroatoms. The van der Waals surface area contributed by atoms with E-state index in [2.05, 4.69) is 0 Å². The van der Waals surface area contributed by atoms with Crippen LogP contribution >= 0.6 is 8.60 Å². The Balaban J connectivity index is 8.47. The second-order valence-corrected chi connectivity index (χ2v) is 18.8. The van der Waals surface area contributed by atoms with E-state index in [0.717, 1.165) is 0 Å². The predicted octanol–water partition coefficient (Wildman–Crippen LogP) is 9.01. The maximum absolute atomic E-state index is 13.1. The number of hydrogen-bond donors (Lipinski definition) is 0. The van der Waals surface area contributed by atoms with Crippen LogP contribution in [0.25, 0.3) is 0 Å². The minimum atomic E-state index is -10.9. The minimum Gasteiger partial charge on any atom is -0.330 e. The van der Waals surface area contributed by atoms with Crippen LogP contribution in [0.4, 0.5) is 119 Å². The molecule has 0 heterocycles. The lowest BCUT2D eigenvalue weighted by Gasteiger charge is -2.43. The number of hydrogen-bond acceptors (Lipinski definition) is 3. The molecule has 0 fully saturated rings. The summed E-state index contributed by atoms with van der Waals surface area (Å²) in [6.07, 6.45) is 0. The van der Waals surface area contributed by atoms with Crippen molar-refractivity contribution >= 4 is 33.6 Å². The van der Waals surface area contributed by atoms with Gasteiger partial charge in [-0.15, -0.1) is 0 Å². The van der Waals surface area contributed by atoms with Gasteiger partial charge in [-0.05, 0) is 0 Å². The van der Waals surface area contributed by atoms with Gasteiger partial charge in [-0.3, -0.25) is 0 Å². The molecule has 0 aliphatic rings. The third-order valence-corrected chi connectivity index (χ3v) is 16.5. The normalized spacial score (nSPS) is 16.7. The standard InChI is InChI=1S/C9F27O3PSi3/c10-1(11,12)41(2(13,14)15,3(16,17)18)37-40(38-42(4(19,20)21,5(22,23)24)6(25,26)27)39-43(7(28,29)30,8(31,32)33)9(34,35)36. The summed E-state index contributed by atoms with van der Waals surface area (Å²) in [6, 6.07) is 0. The SMILES string of the molecule is FC(F)(F)[Si](OP(O[Si](C(F)(F)F)(C(F)(F)F)C(F)(F)F)O[Si](C(F)(F)F)(C(F)(F)F)C(F)(F)F)(C(F)(F)F)C(F)(F)F. The molecular weight excluding hydrogens is 784 g/mol. The molecule has 0 atom stereocenters. The van der Waals surface area contributed by atoms with Crippen molar-refractivity contribution in [1.82, 2.24) is 0 Å². The van der Waals surface area contributed by atoms with Crippen LogP contribution in [0.5, 0.6) is 0 Å². The van der Waals surface area contributed by atoms with E-state index in [9.17, 15) is 119 Å². The molecule has 0 spiro atoms. The Morgan fingerprint density at radius 3 is 0.395 bits per heavy atom. The Hall–Kier alpha value is -0.929. The minimum absolute atomic E-state index is 1.67. The van der Waals surface area contributed by atoms with E-state index in [1.165, 1.54) is 0 Å². The summed E-state index contributed by atoms with van der Waals surface area (Å²) < 4.78 is 358. The van der Waals surface area contributed by atoms with Gasteiger partial charge in [0.2, 0.25) is 0 Å². The van der Waals surface area contributed by atoms with Gasteiger partial charge in [0.1, 0.15) is 0 Å². The molecule has 0 bridgehead atoms. The van der Waals surface area contributed by atoms with Gasteiger partial charge in [-0.2, -0.15) is 119 Å². The number of alkyl halides is 27. The van der Waals surface area contributed by atoms with Crippen molar-refractivity contribution in [2.45, 2.75) is 52.2 Å². The van der Waals surface area contributed by atoms with Crippen LogP contribution < -0.4 is 0 Å². The summed E-state index contributed by atoms with van der Waals surface area (Å²) in [5.41, 5.74) is 0. The zero-order valence-corrected chi connectivity index (χ0v) is 21.8. The van der Waals surface area contributed by atoms with Gasteiger partial charge in [0.15, 0.2) is 0 Å². The second kappa shape index (κ2) is 11.1. The molecule has 0 aromatic carbocycles. The highest BCUT2D eigenvalue weighted by molar-refractivity contribution is 7.48. The lowest BCUT2D eigenvalue weighted by Crippen LogP contribution is -2.76. The van der Waals surface area contributed by atoms with Gasteiger partial charge in [0.25, 0.3) is 0 Å². The first kappa shape index (κ1) is 42.1. The van der Waals surface area contributed by atoms with Crippen LogP contribution in [0.3, 0.4) is 0 Å². The topological polar surface area (TPSA) is 27.7 Å². The lowest BCUT2D eigenvalue weighted by molar-refractivity contribution is -0.190. The molecule has 0 radical (unpaired) electrons. The Kier molecular flexibility index (Phi) is 10.9. The van der Waals surface area contributed by atoms with E-state index < -0.39 is 85.8 Å². The smallest absolute Gasteiger partial charge is 0.330 e. The highest BCUT2D eigenvalue weighted by Gasteiger charge is 2.97. The summed E-state index contributed by atoms with van der Waals surface area (Å²) in [5, 5.41) is 0. The summed E-state index contributed by atoms with van der Waals surface area (Å²) in [7, 11) is -40.9. The molecule has 3 nitrogen and oxygen atoms in total. The lowest BCUT2D eigenvalue weighted by atomic mass is 11.4. The van der Waals surface area contributed by atoms with Gasteiger partial charge >= 0.3 is 85.8 Å². The first-order chi connectivity index (χ1) is 18.0. The molecule has 0 aromatic rings. The van der Waals surface area contributed by atoms with E-state index in [0.29, 0.717) is 0 Å². The maximum atomic E-state index is 13.1. The molecule has 0 amide bonds. The highest BCUT2D eigenvalue weighted by Crippen LogP contribution is 2.66. The molecule has 0 unspecified atom stereocenters. The molecule has 43 heavy (non-hydrogen) atoms. The van der Waals surface area contributed by atoms with Crippen LogP contribution in [0.15, 0.2) is 0 Å². The van der Waals surface area contributed by atoms with Crippen LogP contribution in [-0.4, -0.2) is 77.1 Å². The van der Waals surface area contributed by atoms with Crippen molar-refractivity contribution in [2.24, 2.45) is 0 Å². The Labute approximate surface area is 218 Å². The van der Waals surface area contributed by atoms with Crippen LogP contribution in [0.1, 0.15) is 0 Å². The first-order valence-corrected chi connectivity index (χ1v) is 15.3. The van der Waals surface area contributed by atoms with Gasteiger partial charge in [-0.25, -0.2) is 0 Å². The molecule has 260 valence electrons. The summed E-state index contributed by atoms with van der Waals surface area (Å²) in [4.78, 5) is 0. The largest absolute Gasteiger partial charge is 0.554 e. The van der Waals surface area contributed by atoms with Gasteiger partial charge in [0, 0.05) is 0 Å². The zero-order chi connectivity index (χ0) is 35.7. The van der Waals surface area contributed by atoms with Gasteiger partial charge in [0.05, 0.1) is 0 Å². The number of rotatable bonds is 6. The van der Waals surface area contributed by atoms with Gasteiger partial charge < -0.3 is 12.6 Å². The van der Waals surface area contributed by atoms with Crippen LogP contribution in [0, 0.1) is 0 Å². The molecular formula is C9F27O3PSi3. The van der Waals surface area contributed by atoms with Crippen LogP contribution in [0.2, 0.25) is 0 Å². The predicted molar refractivity (Wildman–Crippen MR) is 81.9 cm³/mol. The fourth-order valence-electron chi connectivity index (χ4n) is 2.30. The summed E-state index contributed by atoms with van der Waals surface area (Å²) >= 11 is 0. The Bertz CT molecular complexity index is 724. The van der Waals surface area contributed by atoms with Crippen molar-refractivity contribution < 1.29 is 131 Å². The fourth-order valence-corrected chi connectivity index (χ4v) is 13.1. The van der Waals surface area contributed by atoms with E-state index in [-0.39, 0.29) is 0 Å². The summed E-state index contributed by atoms with van der Waals surface area (Å²) in [6.45, 7) is 0. The average molecular weight is 784 g/mol. The quantitative estimate of drug-likeness (QED) is 0.153. The van der Waals surface area contributed by atoms with E-state index in [1.807, 2.05) is 0 Å². The fraction of sp³-hybridized carbons (Fsp3) is 1.00. The zero-order valence-electron chi connectivity index (χ0n) is 17.9. The van der Waals surface area contributed by atoms with Crippen molar-refractivity contribution in [3.63, 3.8) is 0 Å². The number of halogens is 27. The van der Waals surface area contributed by atoms with E-state index in [1.54, 1.807) is 12.6 Å². The molecule has 0 aliphatic carbocycles. The molecule has 0 N–H and O–H groups in total. The summed E-state index contributed by atoms with van der Waals surface area (Å²) in [5.74, 6) is -76.4. The average Bonchev–Trinajstić information content (AvgIpc) is 2.57. The van der Waals surface area contributed by atoms with Crippen molar-refractivity contribution in [3.05, 3.63) is 0 Å². The Morgan fingerprint density at radius 2 is 0.326 bits per heavy atom. The molecule has 0 aromatic heterocycles. The monoisotopic (exact) mass is 784 g/mol. The molecule has 0 saturated carbocycles. The first-order valence-electron chi connectivity index (χ1n) is 8.51. The van der Waals surface area contributed by atoms with Crippen molar-refractivity contribution in [2.75, 3.05) is 0 Å². The van der Waals surface area contributed by atoms with Crippen molar-refractivity contribution in [3.8, 4) is 0 Å². The van der Waals surface area contributed by atoms with Gasteiger partial charge in [-0.1, -0.05) is 0 Å². The van der Waals surface area contributed by atoms with E-state index >= 15 is 0 Å².